The third-order valence-corrected chi connectivity index (χ3v) is 2.46. The summed E-state index contributed by atoms with van der Waals surface area (Å²) in [5.41, 5.74) is 1.96. The fourth-order valence-electron chi connectivity index (χ4n) is 1.72. The minimum absolute atomic E-state index is 0.790. The second kappa shape index (κ2) is 3.38. The maximum Gasteiger partial charge on any atom is 0.212 e. The molecule has 15 heavy (non-hydrogen) atoms. The number of hydrogen-bond donors (Lipinski definition) is 0. The number of nitrogens with zero attached hydrogens (tertiary/aromatic N) is 3. The third kappa shape index (κ3) is 1.48. The van der Waals surface area contributed by atoms with E-state index in [1.807, 2.05) is 29.1 Å². The van der Waals surface area contributed by atoms with Crippen molar-refractivity contribution in [2.75, 3.05) is 6.61 Å². The first-order valence-corrected chi connectivity index (χ1v) is 5.04. The van der Waals surface area contributed by atoms with Crippen molar-refractivity contribution in [1.29, 1.82) is 0 Å². The van der Waals surface area contributed by atoms with Crippen LogP contribution in [0.15, 0.2) is 30.6 Å². The van der Waals surface area contributed by atoms with Gasteiger partial charge in [-0.1, -0.05) is 0 Å². The largest absolute Gasteiger partial charge is 0.478 e. The molecule has 0 aliphatic carbocycles. The van der Waals surface area contributed by atoms with Crippen LogP contribution >= 0.6 is 0 Å². The lowest BCUT2D eigenvalue weighted by molar-refractivity contribution is 0.230. The van der Waals surface area contributed by atoms with Gasteiger partial charge in [-0.2, -0.15) is 5.10 Å². The molecule has 4 nitrogen and oxygen atoms in total. The number of aryl methyl sites for hydroxylation is 1. The third-order valence-electron chi connectivity index (χ3n) is 2.46. The molecule has 1 aliphatic heterocycles. The SMILES string of the molecule is c1cncc(-c2cc3n(n2)CCCO3)c1. The number of hydrogen-bond acceptors (Lipinski definition) is 3. The van der Waals surface area contributed by atoms with E-state index < -0.39 is 0 Å². The number of pyridine rings is 1. The Kier molecular flexibility index (Phi) is 1.91. The van der Waals surface area contributed by atoms with Crippen molar-refractivity contribution >= 4 is 0 Å². The molecule has 0 amide bonds. The van der Waals surface area contributed by atoms with Crippen LogP contribution < -0.4 is 4.74 Å². The molecule has 0 saturated carbocycles. The molecule has 0 fully saturated rings. The summed E-state index contributed by atoms with van der Waals surface area (Å²) in [5, 5.41) is 4.47. The lowest BCUT2D eigenvalue weighted by atomic mass is 10.2. The smallest absolute Gasteiger partial charge is 0.212 e. The molecule has 0 aromatic carbocycles. The normalized spacial score (nSPS) is 14.4. The summed E-state index contributed by atoms with van der Waals surface area (Å²) in [4.78, 5) is 4.08. The Hall–Kier alpha value is -1.84. The minimum Gasteiger partial charge on any atom is -0.478 e. The molecule has 0 bridgehead atoms. The quantitative estimate of drug-likeness (QED) is 0.705. The van der Waals surface area contributed by atoms with Gasteiger partial charge in [0.05, 0.1) is 12.3 Å². The lowest BCUT2D eigenvalue weighted by Crippen LogP contribution is -2.14. The Bertz CT molecular complexity index is 440. The van der Waals surface area contributed by atoms with E-state index in [-0.39, 0.29) is 0 Å². The van der Waals surface area contributed by atoms with Crippen LogP contribution in [0, 0.1) is 0 Å². The molecule has 0 atom stereocenters. The van der Waals surface area contributed by atoms with Gasteiger partial charge in [0.25, 0.3) is 0 Å². The van der Waals surface area contributed by atoms with Gasteiger partial charge in [0.2, 0.25) is 5.88 Å². The first-order chi connectivity index (χ1) is 7.43. The van der Waals surface area contributed by atoms with Crippen molar-refractivity contribution in [3.63, 3.8) is 0 Å². The van der Waals surface area contributed by atoms with Crippen molar-refractivity contribution in [2.45, 2.75) is 13.0 Å². The summed E-state index contributed by atoms with van der Waals surface area (Å²) >= 11 is 0. The van der Waals surface area contributed by atoms with Gasteiger partial charge in [-0.25, -0.2) is 4.68 Å². The average molecular weight is 201 g/mol. The second-order valence-corrected chi connectivity index (χ2v) is 3.53. The maximum absolute atomic E-state index is 5.51. The van der Waals surface area contributed by atoms with E-state index in [9.17, 15) is 0 Å². The van der Waals surface area contributed by atoms with Crippen LogP contribution in [0.2, 0.25) is 0 Å². The first-order valence-electron chi connectivity index (χ1n) is 5.04. The highest BCUT2D eigenvalue weighted by molar-refractivity contribution is 5.58. The predicted octanol–water partition coefficient (Wildman–Crippen LogP) is 1.73. The number of ether oxygens (including phenoxy) is 1. The Balaban J connectivity index is 2.03. The van der Waals surface area contributed by atoms with Gasteiger partial charge in [-0.15, -0.1) is 0 Å². The number of fused-ring (bicyclic) bond motifs is 1. The van der Waals surface area contributed by atoms with Gasteiger partial charge in [-0.05, 0) is 12.1 Å². The fourth-order valence-corrected chi connectivity index (χ4v) is 1.72. The van der Waals surface area contributed by atoms with E-state index in [2.05, 4.69) is 10.1 Å². The highest BCUT2D eigenvalue weighted by Gasteiger charge is 2.13. The minimum atomic E-state index is 0.790. The van der Waals surface area contributed by atoms with Crippen molar-refractivity contribution < 1.29 is 4.74 Å². The molecule has 3 rings (SSSR count). The predicted molar refractivity (Wildman–Crippen MR) is 55.6 cm³/mol. The van der Waals surface area contributed by atoms with Gasteiger partial charge >= 0.3 is 0 Å². The lowest BCUT2D eigenvalue weighted by Gasteiger charge is -2.13. The Morgan fingerprint density at radius 1 is 1.40 bits per heavy atom. The number of rotatable bonds is 1. The standard InChI is InChI=1S/C11H11N3O/c1-3-9(8-12-4-1)10-7-11-14(13-10)5-2-6-15-11/h1,3-4,7-8H,2,5-6H2. The summed E-state index contributed by atoms with van der Waals surface area (Å²) in [6.45, 7) is 1.73. The van der Waals surface area contributed by atoms with Crippen LogP contribution in [0.3, 0.4) is 0 Å². The molecule has 0 radical (unpaired) electrons. The number of aromatic nitrogens is 3. The molecule has 0 unspecified atom stereocenters. The van der Waals surface area contributed by atoms with Crippen LogP contribution in [0.25, 0.3) is 11.3 Å². The summed E-state index contributed by atoms with van der Waals surface area (Å²) in [7, 11) is 0. The van der Waals surface area contributed by atoms with E-state index in [0.717, 1.165) is 36.7 Å². The van der Waals surface area contributed by atoms with Gasteiger partial charge in [0.1, 0.15) is 0 Å². The Morgan fingerprint density at radius 3 is 3.20 bits per heavy atom. The second-order valence-electron chi connectivity index (χ2n) is 3.53. The maximum atomic E-state index is 5.51. The summed E-state index contributed by atoms with van der Waals surface area (Å²) < 4.78 is 7.41. The molecular formula is C11H11N3O. The zero-order valence-electron chi connectivity index (χ0n) is 8.26. The van der Waals surface area contributed by atoms with Crippen molar-refractivity contribution in [2.24, 2.45) is 0 Å². The summed E-state index contributed by atoms with van der Waals surface area (Å²) in [6.07, 6.45) is 4.60. The van der Waals surface area contributed by atoms with Crippen LogP contribution in [0.5, 0.6) is 5.88 Å². The molecule has 0 spiro atoms. The molecule has 4 heteroatoms. The molecule has 3 heterocycles. The highest BCUT2D eigenvalue weighted by Crippen LogP contribution is 2.24. The highest BCUT2D eigenvalue weighted by atomic mass is 16.5. The van der Waals surface area contributed by atoms with Crippen molar-refractivity contribution in [1.82, 2.24) is 14.8 Å². The van der Waals surface area contributed by atoms with E-state index in [4.69, 9.17) is 4.74 Å². The van der Waals surface area contributed by atoms with E-state index >= 15 is 0 Å². The van der Waals surface area contributed by atoms with Crippen LogP contribution in [-0.2, 0) is 6.54 Å². The fraction of sp³-hybridized carbons (Fsp3) is 0.273. The molecule has 1 aliphatic rings. The molecule has 2 aromatic heterocycles. The monoisotopic (exact) mass is 201 g/mol. The molecule has 0 N–H and O–H groups in total. The zero-order chi connectivity index (χ0) is 10.1. The van der Waals surface area contributed by atoms with Crippen molar-refractivity contribution in [3.05, 3.63) is 30.6 Å². The van der Waals surface area contributed by atoms with Gasteiger partial charge < -0.3 is 4.74 Å². The zero-order valence-corrected chi connectivity index (χ0v) is 8.26. The van der Waals surface area contributed by atoms with Crippen LogP contribution in [0.1, 0.15) is 6.42 Å². The van der Waals surface area contributed by atoms with E-state index in [1.165, 1.54) is 0 Å². The molecule has 0 saturated heterocycles. The van der Waals surface area contributed by atoms with E-state index in [1.54, 1.807) is 6.20 Å². The average Bonchev–Trinajstić information content (AvgIpc) is 2.74. The Labute approximate surface area is 87.5 Å². The molecule has 2 aromatic rings. The first kappa shape index (κ1) is 8.47. The molecular weight excluding hydrogens is 190 g/mol. The van der Waals surface area contributed by atoms with Crippen molar-refractivity contribution in [3.8, 4) is 17.1 Å². The van der Waals surface area contributed by atoms with Gasteiger partial charge in [0.15, 0.2) is 0 Å². The van der Waals surface area contributed by atoms with Crippen LogP contribution in [-0.4, -0.2) is 21.4 Å². The van der Waals surface area contributed by atoms with E-state index in [0.29, 0.717) is 0 Å². The van der Waals surface area contributed by atoms with Gasteiger partial charge in [0, 0.05) is 37.0 Å². The van der Waals surface area contributed by atoms with Gasteiger partial charge in [-0.3, -0.25) is 4.98 Å². The summed E-state index contributed by atoms with van der Waals surface area (Å²) in [6, 6.07) is 5.88. The topological polar surface area (TPSA) is 39.9 Å². The molecule has 76 valence electrons. The Morgan fingerprint density at radius 2 is 2.40 bits per heavy atom. The van der Waals surface area contributed by atoms with Crippen LogP contribution in [0.4, 0.5) is 0 Å². The summed E-state index contributed by atoms with van der Waals surface area (Å²) in [5.74, 6) is 0.861.